The van der Waals surface area contributed by atoms with E-state index in [1.165, 1.54) is 18.1 Å². The number of esters is 2. The number of anilines is 1. The zero-order valence-electron chi connectivity index (χ0n) is 16.4. The molecule has 2 aliphatic heterocycles. The molecule has 2 aliphatic rings. The minimum atomic E-state index is -1.92. The second-order valence-electron chi connectivity index (χ2n) is 6.47. The van der Waals surface area contributed by atoms with Gasteiger partial charge in [-0.05, 0) is 6.07 Å². The van der Waals surface area contributed by atoms with Gasteiger partial charge in [0, 0.05) is 17.8 Å². The molecule has 1 spiro atoms. The van der Waals surface area contributed by atoms with Gasteiger partial charge in [-0.2, -0.15) is 5.26 Å². The van der Waals surface area contributed by atoms with Gasteiger partial charge in [0.05, 0.1) is 14.2 Å². The fourth-order valence-corrected chi connectivity index (χ4v) is 3.84. The number of nitrogens with two attached hydrogens (primary N) is 1. The maximum Gasteiger partial charge on any atom is 0.339 e. The van der Waals surface area contributed by atoms with Crippen LogP contribution in [0.2, 0.25) is 0 Å². The van der Waals surface area contributed by atoms with Crippen LogP contribution in [-0.2, 0) is 34.0 Å². The average Bonchev–Trinajstić information content (AvgIpc) is 2.97. The number of benzene rings is 1. The van der Waals surface area contributed by atoms with E-state index < -0.39 is 29.7 Å². The molecule has 2 N–H and O–H groups in total. The van der Waals surface area contributed by atoms with E-state index in [0.717, 1.165) is 7.11 Å². The van der Waals surface area contributed by atoms with Crippen LogP contribution in [0.15, 0.2) is 59.7 Å². The van der Waals surface area contributed by atoms with Crippen molar-refractivity contribution in [3.8, 4) is 6.07 Å². The molecule has 9 heteroatoms. The molecule has 0 radical (unpaired) electrons. The summed E-state index contributed by atoms with van der Waals surface area (Å²) in [6, 6.07) is 8.60. The highest BCUT2D eigenvalue weighted by atomic mass is 16.5. The lowest BCUT2D eigenvalue weighted by Gasteiger charge is -2.35. The predicted octanol–water partition coefficient (Wildman–Crippen LogP) is 1.17. The number of fused-ring (bicyclic) bond motifs is 2. The Morgan fingerprint density at radius 2 is 2.03 bits per heavy atom. The maximum absolute atomic E-state index is 13.8. The Morgan fingerprint density at radius 1 is 1.33 bits per heavy atom. The van der Waals surface area contributed by atoms with E-state index in [0.29, 0.717) is 11.3 Å². The number of amides is 1. The third-order valence-corrected chi connectivity index (χ3v) is 5.02. The fraction of sp³-hybridized carbons (Fsp3) is 0.238. The largest absolute Gasteiger partial charge is 0.469 e. The van der Waals surface area contributed by atoms with Gasteiger partial charge in [-0.1, -0.05) is 24.3 Å². The van der Waals surface area contributed by atoms with Crippen LogP contribution in [-0.4, -0.2) is 38.6 Å². The lowest BCUT2D eigenvalue weighted by atomic mass is 9.68. The monoisotopic (exact) mass is 409 g/mol. The Hall–Kier alpha value is -4.06. The number of carbonyl (C=O) groups excluding carboxylic acids is 3. The van der Waals surface area contributed by atoms with E-state index in [2.05, 4.69) is 11.3 Å². The zero-order chi connectivity index (χ0) is 22.1. The first kappa shape index (κ1) is 20.7. The summed E-state index contributed by atoms with van der Waals surface area (Å²) in [6.45, 7) is 3.79. The number of para-hydroxylation sites is 1. The van der Waals surface area contributed by atoms with Gasteiger partial charge in [0.2, 0.25) is 11.8 Å². The summed E-state index contributed by atoms with van der Waals surface area (Å²) < 4.78 is 15.1. The number of methoxy groups -OCH3 is 2. The van der Waals surface area contributed by atoms with Crippen LogP contribution in [0.25, 0.3) is 0 Å². The molecule has 1 aromatic carbocycles. The van der Waals surface area contributed by atoms with Gasteiger partial charge in [-0.3, -0.25) is 9.59 Å². The van der Waals surface area contributed by atoms with E-state index in [4.69, 9.17) is 15.2 Å². The molecule has 154 valence electrons. The van der Waals surface area contributed by atoms with E-state index in [1.807, 2.05) is 6.07 Å². The summed E-state index contributed by atoms with van der Waals surface area (Å²) in [5, 5.41) is 9.91. The first-order valence-corrected chi connectivity index (χ1v) is 8.87. The van der Waals surface area contributed by atoms with Crippen LogP contribution in [0.1, 0.15) is 12.0 Å². The number of hydrogen-bond donors (Lipinski definition) is 1. The molecule has 0 aliphatic carbocycles. The molecular weight excluding hydrogens is 390 g/mol. The van der Waals surface area contributed by atoms with Gasteiger partial charge in [0.25, 0.3) is 0 Å². The minimum absolute atomic E-state index is 0.123. The van der Waals surface area contributed by atoms with E-state index >= 15 is 0 Å². The van der Waals surface area contributed by atoms with Crippen LogP contribution < -0.4 is 10.6 Å². The second-order valence-corrected chi connectivity index (χ2v) is 6.47. The van der Waals surface area contributed by atoms with Crippen molar-refractivity contribution in [3.05, 3.63) is 65.3 Å². The molecular formula is C21H19N3O6. The number of hydrogen-bond acceptors (Lipinski definition) is 8. The van der Waals surface area contributed by atoms with Gasteiger partial charge in [-0.25, -0.2) is 4.79 Å². The smallest absolute Gasteiger partial charge is 0.339 e. The normalized spacial score (nSPS) is 19.9. The summed E-state index contributed by atoms with van der Waals surface area (Å²) in [5.41, 5.74) is 4.35. The number of nitrogens with zero attached hydrogens (tertiary/aromatic N) is 2. The highest BCUT2D eigenvalue weighted by Crippen LogP contribution is 2.54. The molecule has 1 atom stereocenters. The van der Waals surface area contributed by atoms with Gasteiger partial charge >= 0.3 is 11.9 Å². The summed E-state index contributed by atoms with van der Waals surface area (Å²) in [7, 11) is 2.29. The summed E-state index contributed by atoms with van der Waals surface area (Å²) >= 11 is 0. The molecule has 3 rings (SSSR count). The lowest BCUT2D eigenvalue weighted by Crippen LogP contribution is -2.48. The molecule has 9 nitrogen and oxygen atoms in total. The molecule has 0 bridgehead atoms. The Bertz CT molecular complexity index is 1060. The van der Waals surface area contributed by atoms with E-state index in [9.17, 15) is 19.6 Å². The van der Waals surface area contributed by atoms with Crippen LogP contribution in [0.4, 0.5) is 5.69 Å². The predicted molar refractivity (Wildman–Crippen MR) is 104 cm³/mol. The molecule has 0 unspecified atom stereocenters. The standard InChI is InChI=1S/C21H19N3O6/c1-4-9-24-14-8-6-5-7-12(14)21(20(24)27)13(11-22)18(23)30-15(10-16(25)28-2)17(21)19(26)29-3/h4-8H,1,9-10,23H2,2-3H3/t21-/m1/s1. The van der Waals surface area contributed by atoms with Gasteiger partial charge in [0.15, 0.2) is 5.41 Å². The number of ether oxygens (including phenoxy) is 3. The van der Waals surface area contributed by atoms with Crippen molar-refractivity contribution >= 4 is 23.5 Å². The molecule has 1 aromatic rings. The van der Waals surface area contributed by atoms with Crippen molar-refractivity contribution in [2.45, 2.75) is 11.8 Å². The minimum Gasteiger partial charge on any atom is -0.469 e. The SMILES string of the molecule is C=CCN1C(=O)[C@@]2(C(C#N)=C(N)OC(CC(=O)OC)=C2C(=O)OC)c2ccccc21. The quantitative estimate of drug-likeness (QED) is 0.566. The summed E-state index contributed by atoms with van der Waals surface area (Å²) in [4.78, 5) is 40.1. The van der Waals surface area contributed by atoms with Crippen molar-refractivity contribution in [2.24, 2.45) is 5.73 Å². The molecule has 0 fully saturated rings. The van der Waals surface area contributed by atoms with E-state index in [1.54, 1.807) is 24.3 Å². The number of rotatable bonds is 5. The van der Waals surface area contributed by atoms with Crippen LogP contribution in [0.3, 0.4) is 0 Å². The first-order chi connectivity index (χ1) is 14.4. The van der Waals surface area contributed by atoms with E-state index in [-0.39, 0.29) is 29.3 Å². The van der Waals surface area contributed by atoms with Crippen molar-refractivity contribution < 1.29 is 28.6 Å². The summed E-state index contributed by atoms with van der Waals surface area (Å²) in [6.07, 6.45) is 1.03. The summed E-state index contributed by atoms with van der Waals surface area (Å²) in [5.74, 6) is -2.86. The van der Waals surface area contributed by atoms with Crippen LogP contribution in [0.5, 0.6) is 0 Å². The van der Waals surface area contributed by atoms with Crippen molar-refractivity contribution in [3.63, 3.8) is 0 Å². The molecule has 1 amide bonds. The van der Waals surface area contributed by atoms with Crippen molar-refractivity contribution in [2.75, 3.05) is 25.7 Å². The van der Waals surface area contributed by atoms with Crippen LogP contribution >= 0.6 is 0 Å². The second kappa shape index (κ2) is 7.75. The van der Waals surface area contributed by atoms with Crippen molar-refractivity contribution in [1.82, 2.24) is 0 Å². The van der Waals surface area contributed by atoms with Gasteiger partial charge < -0.3 is 24.8 Å². The lowest BCUT2D eigenvalue weighted by molar-refractivity contribution is -0.141. The average molecular weight is 409 g/mol. The highest BCUT2D eigenvalue weighted by molar-refractivity contribution is 6.18. The molecule has 0 saturated carbocycles. The molecule has 2 heterocycles. The Labute approximate surface area is 172 Å². The maximum atomic E-state index is 13.8. The Morgan fingerprint density at radius 3 is 2.63 bits per heavy atom. The van der Waals surface area contributed by atoms with Gasteiger partial charge in [-0.15, -0.1) is 6.58 Å². The van der Waals surface area contributed by atoms with Gasteiger partial charge in [0.1, 0.15) is 29.4 Å². The molecule has 30 heavy (non-hydrogen) atoms. The van der Waals surface area contributed by atoms with Crippen molar-refractivity contribution in [1.29, 1.82) is 5.26 Å². The highest BCUT2D eigenvalue weighted by Gasteiger charge is 2.62. The third-order valence-electron chi connectivity index (χ3n) is 5.02. The Kier molecular flexibility index (Phi) is 5.34. The topological polar surface area (TPSA) is 132 Å². The number of nitriles is 1. The first-order valence-electron chi connectivity index (χ1n) is 8.87. The Balaban J connectivity index is 2.45. The van der Waals surface area contributed by atoms with Crippen LogP contribution in [0, 0.1) is 11.3 Å². The fourth-order valence-electron chi connectivity index (χ4n) is 3.84. The third kappa shape index (κ3) is 2.73. The molecule has 0 aromatic heterocycles. The number of carbonyl (C=O) groups is 3. The molecule has 0 saturated heterocycles. The zero-order valence-corrected chi connectivity index (χ0v) is 16.4.